The van der Waals surface area contributed by atoms with Gasteiger partial charge in [-0.25, -0.2) is 9.48 Å². The third-order valence-corrected chi connectivity index (χ3v) is 6.05. The van der Waals surface area contributed by atoms with Crippen LogP contribution in [-0.4, -0.2) is 27.3 Å². The molecule has 4 aromatic rings. The molecule has 0 aliphatic carbocycles. The fraction of sp³-hybridized carbons (Fsp3) is 0.207. The third-order valence-electron chi connectivity index (χ3n) is 6.05. The highest BCUT2D eigenvalue weighted by Crippen LogP contribution is 2.39. The standard InChI is InChI=1S/C29H28N4O4/c1-3-35-25-16-23(14-15-24(25)36-17-21-10-6-4-7-11-21)27-26(20(2)32-29-30-19-31-33(27)29)28(34)37-18-22-12-8-5-9-13-22/h4-16,19,27H,3,17-18H2,1-2H3,(H,30,31,32)/t27-/m0/s1. The van der Waals surface area contributed by atoms with Gasteiger partial charge in [0.2, 0.25) is 5.95 Å². The zero-order valence-electron chi connectivity index (χ0n) is 20.8. The Kier molecular flexibility index (Phi) is 7.16. The summed E-state index contributed by atoms with van der Waals surface area (Å²) in [4.78, 5) is 17.7. The summed E-state index contributed by atoms with van der Waals surface area (Å²) in [6.45, 7) is 4.81. The predicted octanol–water partition coefficient (Wildman–Crippen LogP) is 5.29. The number of nitrogens with zero attached hydrogens (tertiary/aromatic N) is 3. The molecule has 2 heterocycles. The first-order valence-corrected chi connectivity index (χ1v) is 12.2. The van der Waals surface area contributed by atoms with E-state index in [1.165, 1.54) is 6.33 Å². The fourth-order valence-electron chi connectivity index (χ4n) is 4.28. The Balaban J connectivity index is 1.45. The van der Waals surface area contributed by atoms with Gasteiger partial charge in [0.05, 0.1) is 12.2 Å². The number of esters is 1. The monoisotopic (exact) mass is 496 g/mol. The second kappa shape index (κ2) is 11.0. The van der Waals surface area contributed by atoms with Crippen LogP contribution in [0.25, 0.3) is 0 Å². The highest BCUT2D eigenvalue weighted by molar-refractivity contribution is 5.92. The largest absolute Gasteiger partial charge is 0.490 e. The van der Waals surface area contributed by atoms with Crippen molar-refractivity contribution in [1.29, 1.82) is 0 Å². The molecule has 0 spiro atoms. The molecule has 1 aromatic heterocycles. The number of ether oxygens (including phenoxy) is 3. The number of nitrogens with one attached hydrogen (secondary N) is 1. The van der Waals surface area contributed by atoms with E-state index in [-0.39, 0.29) is 6.61 Å². The van der Waals surface area contributed by atoms with Crippen LogP contribution in [0, 0.1) is 0 Å². The summed E-state index contributed by atoms with van der Waals surface area (Å²) in [7, 11) is 0. The van der Waals surface area contributed by atoms with Crippen LogP contribution in [-0.2, 0) is 22.7 Å². The van der Waals surface area contributed by atoms with E-state index in [1.54, 1.807) is 4.68 Å². The van der Waals surface area contributed by atoms with Crippen molar-refractivity contribution in [3.63, 3.8) is 0 Å². The number of carbonyl (C=O) groups excluding carboxylic acids is 1. The van der Waals surface area contributed by atoms with Crippen molar-refractivity contribution in [1.82, 2.24) is 14.8 Å². The normalized spacial score (nSPS) is 14.5. The van der Waals surface area contributed by atoms with Gasteiger partial charge in [0.15, 0.2) is 11.5 Å². The number of fused-ring (bicyclic) bond motifs is 1. The average Bonchev–Trinajstić information content (AvgIpc) is 3.39. The van der Waals surface area contributed by atoms with Gasteiger partial charge in [0.25, 0.3) is 0 Å². The SMILES string of the molecule is CCOc1cc([C@H]2C(C(=O)OCc3ccccc3)=C(C)Nc3ncnn32)ccc1OCc1ccccc1. The number of rotatable bonds is 9. The van der Waals surface area contributed by atoms with E-state index < -0.39 is 12.0 Å². The highest BCUT2D eigenvalue weighted by Gasteiger charge is 2.35. The molecule has 0 fully saturated rings. The lowest BCUT2D eigenvalue weighted by molar-refractivity contribution is -0.140. The summed E-state index contributed by atoms with van der Waals surface area (Å²) < 4.78 is 19.4. The van der Waals surface area contributed by atoms with Gasteiger partial charge in [-0.05, 0) is 42.7 Å². The second-order valence-electron chi connectivity index (χ2n) is 8.57. The molecule has 0 saturated carbocycles. The van der Waals surface area contributed by atoms with Crippen LogP contribution in [0.3, 0.4) is 0 Å². The Morgan fingerprint density at radius 1 is 0.919 bits per heavy atom. The molecule has 0 bridgehead atoms. The molecule has 0 amide bonds. The summed E-state index contributed by atoms with van der Waals surface area (Å²) in [5.41, 5.74) is 3.88. The number of hydrogen-bond acceptors (Lipinski definition) is 7. The molecule has 8 heteroatoms. The molecule has 1 aliphatic heterocycles. The van der Waals surface area contributed by atoms with Gasteiger partial charge in [-0.2, -0.15) is 10.1 Å². The summed E-state index contributed by atoms with van der Waals surface area (Å²) in [6.07, 6.45) is 1.46. The molecule has 0 radical (unpaired) electrons. The Bertz CT molecular complexity index is 1400. The Labute approximate surface area is 215 Å². The minimum atomic E-state index is -0.551. The average molecular weight is 497 g/mol. The lowest BCUT2D eigenvalue weighted by Gasteiger charge is -2.28. The van der Waals surface area contributed by atoms with Gasteiger partial charge < -0.3 is 19.5 Å². The number of carbonyl (C=O) groups is 1. The molecule has 1 atom stereocenters. The lowest BCUT2D eigenvalue weighted by atomic mass is 9.95. The van der Waals surface area contributed by atoms with E-state index in [1.807, 2.05) is 92.7 Å². The van der Waals surface area contributed by atoms with Gasteiger partial charge in [0, 0.05) is 5.70 Å². The van der Waals surface area contributed by atoms with Crippen molar-refractivity contribution in [2.75, 3.05) is 11.9 Å². The van der Waals surface area contributed by atoms with E-state index in [9.17, 15) is 4.79 Å². The first kappa shape index (κ1) is 24.1. The molecule has 1 aliphatic rings. The summed E-state index contributed by atoms with van der Waals surface area (Å²) in [5, 5.41) is 7.57. The summed E-state index contributed by atoms with van der Waals surface area (Å²) in [5.74, 6) is 1.33. The Morgan fingerprint density at radius 3 is 2.32 bits per heavy atom. The molecule has 5 rings (SSSR count). The topological polar surface area (TPSA) is 87.5 Å². The van der Waals surface area contributed by atoms with Crippen molar-refractivity contribution >= 4 is 11.9 Å². The zero-order valence-corrected chi connectivity index (χ0v) is 20.8. The number of hydrogen-bond donors (Lipinski definition) is 1. The van der Waals surface area contributed by atoms with Crippen LogP contribution >= 0.6 is 0 Å². The van der Waals surface area contributed by atoms with Crippen molar-refractivity contribution < 1.29 is 19.0 Å². The van der Waals surface area contributed by atoms with Gasteiger partial charge in [-0.15, -0.1) is 0 Å². The number of anilines is 1. The van der Waals surface area contributed by atoms with Gasteiger partial charge in [0.1, 0.15) is 25.6 Å². The third kappa shape index (κ3) is 5.33. The molecule has 37 heavy (non-hydrogen) atoms. The van der Waals surface area contributed by atoms with Gasteiger partial charge >= 0.3 is 5.97 Å². The van der Waals surface area contributed by atoms with Crippen molar-refractivity contribution in [3.05, 3.63) is 113 Å². The van der Waals surface area contributed by atoms with Gasteiger partial charge in [-0.1, -0.05) is 66.7 Å². The lowest BCUT2D eigenvalue weighted by Crippen LogP contribution is -2.29. The molecule has 3 aromatic carbocycles. The Hall–Kier alpha value is -4.59. The highest BCUT2D eigenvalue weighted by atomic mass is 16.5. The molecule has 1 N–H and O–H groups in total. The van der Waals surface area contributed by atoms with E-state index >= 15 is 0 Å². The molecule has 0 saturated heterocycles. The van der Waals surface area contributed by atoms with Crippen LogP contribution in [0.1, 0.15) is 36.6 Å². The maximum absolute atomic E-state index is 13.4. The van der Waals surface area contributed by atoms with E-state index in [2.05, 4.69) is 15.4 Å². The second-order valence-corrected chi connectivity index (χ2v) is 8.57. The number of allylic oxidation sites excluding steroid dienone is 1. The van der Waals surface area contributed by atoms with Gasteiger partial charge in [-0.3, -0.25) is 0 Å². The van der Waals surface area contributed by atoms with E-state index in [0.29, 0.717) is 41.9 Å². The maximum Gasteiger partial charge on any atom is 0.338 e. The minimum absolute atomic E-state index is 0.170. The van der Waals surface area contributed by atoms with Crippen molar-refractivity contribution in [2.24, 2.45) is 0 Å². The summed E-state index contributed by atoms with van der Waals surface area (Å²) >= 11 is 0. The van der Waals surface area contributed by atoms with E-state index in [4.69, 9.17) is 14.2 Å². The van der Waals surface area contributed by atoms with Crippen LogP contribution in [0.15, 0.2) is 96.5 Å². The van der Waals surface area contributed by atoms with Crippen molar-refractivity contribution in [2.45, 2.75) is 33.1 Å². The van der Waals surface area contributed by atoms with Crippen LogP contribution in [0.2, 0.25) is 0 Å². The number of aromatic nitrogens is 3. The first-order chi connectivity index (χ1) is 18.1. The van der Waals surface area contributed by atoms with E-state index in [0.717, 1.165) is 16.7 Å². The van der Waals surface area contributed by atoms with Crippen LogP contribution in [0.5, 0.6) is 11.5 Å². The predicted molar refractivity (Wildman–Crippen MR) is 139 cm³/mol. The fourth-order valence-corrected chi connectivity index (χ4v) is 4.28. The summed E-state index contributed by atoms with van der Waals surface area (Å²) in [6, 6.07) is 24.7. The minimum Gasteiger partial charge on any atom is -0.490 e. The zero-order chi connectivity index (χ0) is 25.6. The molecule has 8 nitrogen and oxygen atoms in total. The van der Waals surface area contributed by atoms with Crippen LogP contribution in [0.4, 0.5) is 5.95 Å². The van der Waals surface area contributed by atoms with Crippen LogP contribution < -0.4 is 14.8 Å². The first-order valence-electron chi connectivity index (χ1n) is 12.2. The quantitative estimate of drug-likeness (QED) is 0.315. The number of benzene rings is 3. The Morgan fingerprint density at radius 2 is 1.62 bits per heavy atom. The molecule has 188 valence electrons. The smallest absolute Gasteiger partial charge is 0.338 e. The molecular formula is C29H28N4O4. The molecular weight excluding hydrogens is 468 g/mol. The van der Waals surface area contributed by atoms with Crippen molar-refractivity contribution in [3.8, 4) is 11.5 Å². The molecule has 0 unspecified atom stereocenters. The maximum atomic E-state index is 13.4.